The maximum Gasteiger partial charge on any atom is 0.352 e. The summed E-state index contributed by atoms with van der Waals surface area (Å²) < 4.78 is 0. The first kappa shape index (κ1) is 29.2. The molecule has 0 unspecified atom stereocenters. The third kappa shape index (κ3) is 4.75. The predicted octanol–water partition coefficient (Wildman–Crippen LogP) is -3.47. The summed E-state index contributed by atoms with van der Waals surface area (Å²) in [7, 11) is 0. The van der Waals surface area contributed by atoms with Crippen LogP contribution in [0.2, 0.25) is 0 Å². The average molecular weight is 467 g/mol. The highest BCUT2D eigenvalue weighted by Crippen LogP contribution is 2.40. The van der Waals surface area contributed by atoms with Gasteiger partial charge in [-0.05, 0) is 5.57 Å². The quantitative estimate of drug-likeness (QED) is 0.145. The van der Waals surface area contributed by atoms with E-state index < -0.39 is 29.2 Å². The first-order valence-corrected chi connectivity index (χ1v) is 9.09. The van der Waals surface area contributed by atoms with Crippen LogP contribution in [0.25, 0.3) is 0 Å². The molecule has 13 N–H and O–H groups in total. The Hall–Kier alpha value is -3.02. The number of nitrogen functional groups attached to an aromatic ring is 1. The molecule has 0 bridgehead atoms. The molecule has 0 spiro atoms. The largest absolute Gasteiger partial charge is 0.477 e. The number of nitrogens with one attached hydrogen (secondary N) is 1. The highest BCUT2D eigenvalue weighted by Gasteiger charge is 2.54. The van der Waals surface area contributed by atoms with Gasteiger partial charge in [0.2, 0.25) is 0 Å². The second kappa shape index (κ2) is 11.2. The molecule has 14 nitrogen and oxygen atoms in total. The number of carboxylic acids is 1. The van der Waals surface area contributed by atoms with Crippen LogP contribution in [-0.4, -0.2) is 82.8 Å². The number of anilines is 1. The van der Waals surface area contributed by atoms with Gasteiger partial charge >= 0.3 is 5.97 Å². The number of thioether (sulfide) groups is 1. The lowest BCUT2D eigenvalue weighted by molar-refractivity contribution is -0.150. The summed E-state index contributed by atoms with van der Waals surface area (Å²) in [5.41, 5.74) is 5.49. The van der Waals surface area contributed by atoms with Gasteiger partial charge < -0.3 is 43.3 Å². The van der Waals surface area contributed by atoms with E-state index in [4.69, 9.17) is 10.9 Å². The summed E-state index contributed by atoms with van der Waals surface area (Å²) in [6, 6.07) is -0.944. The number of carboxylic acid groups (broad SMARTS) is 1. The SMILES string of the molecule is C=CC1=C(C(=O)O)N2C(=O)[C@@H](NC(=O)/C(=N\O)c3csc(N)n3)[C@H]2SC1.O.O.O.O. The number of hydrogen-bond donors (Lipinski definition) is 4. The fourth-order valence-corrected chi connectivity index (χ4v) is 4.51. The van der Waals surface area contributed by atoms with Crippen LogP contribution in [0.5, 0.6) is 0 Å². The van der Waals surface area contributed by atoms with Gasteiger partial charge in [-0.15, -0.1) is 23.1 Å². The summed E-state index contributed by atoms with van der Waals surface area (Å²) in [6.45, 7) is 3.56. The van der Waals surface area contributed by atoms with Gasteiger partial charge in [0.25, 0.3) is 11.8 Å². The Bertz CT molecular complexity index is 885. The Morgan fingerprint density at radius 3 is 2.47 bits per heavy atom. The number of thiazole rings is 1. The Morgan fingerprint density at radius 2 is 2.00 bits per heavy atom. The Morgan fingerprint density at radius 1 is 1.37 bits per heavy atom. The lowest BCUT2D eigenvalue weighted by Crippen LogP contribution is -2.71. The average Bonchev–Trinajstić information content (AvgIpc) is 3.04. The Kier molecular flexibility index (Phi) is 10.9. The zero-order chi connectivity index (χ0) is 19.0. The topological polar surface area (TPSA) is 284 Å². The van der Waals surface area contributed by atoms with Gasteiger partial charge in [0.15, 0.2) is 10.8 Å². The predicted molar refractivity (Wildman–Crippen MR) is 109 cm³/mol. The monoisotopic (exact) mass is 467 g/mol. The van der Waals surface area contributed by atoms with Crippen LogP contribution in [0.4, 0.5) is 5.13 Å². The molecule has 168 valence electrons. The lowest BCUT2D eigenvalue weighted by atomic mass is 10.0. The number of allylic oxidation sites excluding steroid dienone is 1. The first-order chi connectivity index (χ1) is 12.4. The van der Waals surface area contributed by atoms with Crippen molar-refractivity contribution in [1.29, 1.82) is 0 Å². The molecule has 3 heterocycles. The molecule has 0 radical (unpaired) electrons. The van der Waals surface area contributed by atoms with Crippen LogP contribution in [0, 0.1) is 0 Å². The summed E-state index contributed by atoms with van der Waals surface area (Å²) in [4.78, 5) is 41.2. The molecular weight excluding hydrogens is 446 g/mol. The number of hydrogen-bond acceptors (Lipinski definition) is 9. The maximum absolute atomic E-state index is 12.4. The molecule has 2 aliphatic heterocycles. The normalized spacial score (nSPS) is 19.5. The number of carbonyl (C=O) groups excluding carboxylic acids is 2. The molecule has 3 rings (SSSR count). The van der Waals surface area contributed by atoms with Crippen molar-refractivity contribution in [2.75, 3.05) is 11.5 Å². The van der Waals surface area contributed by atoms with Gasteiger partial charge in [0.05, 0.1) is 0 Å². The lowest BCUT2D eigenvalue weighted by Gasteiger charge is -2.49. The minimum atomic E-state index is -1.24. The third-order valence-corrected chi connectivity index (χ3v) is 5.79. The molecule has 1 saturated heterocycles. The standard InChI is InChI=1S/C14H13N5O5S2.4H2O/c1-2-5-3-25-12-8(11(21)19(12)9(5)13(22)23)17-10(20)7(18-24)6-4-26-14(15)16-6;;;;/h2,4,8,12,24H,1,3H2,(H2,15,16)(H,17,20)(H,22,23);4*1H2/b18-7-;;;;/t8-,12-;;;;/m1..../s1. The van der Waals surface area contributed by atoms with Crippen molar-refractivity contribution >= 4 is 51.7 Å². The number of oxime groups is 1. The van der Waals surface area contributed by atoms with Gasteiger partial charge in [-0.3, -0.25) is 14.5 Å². The fraction of sp³-hybridized carbons (Fsp3) is 0.214. The van der Waals surface area contributed by atoms with Gasteiger partial charge in [-0.1, -0.05) is 17.8 Å². The van der Waals surface area contributed by atoms with E-state index in [2.05, 4.69) is 22.0 Å². The molecule has 0 saturated carbocycles. The molecule has 2 atom stereocenters. The van der Waals surface area contributed by atoms with Crippen molar-refractivity contribution in [2.24, 2.45) is 5.16 Å². The van der Waals surface area contributed by atoms with Crippen molar-refractivity contribution in [1.82, 2.24) is 15.2 Å². The van der Waals surface area contributed by atoms with E-state index in [9.17, 15) is 19.5 Å². The molecule has 0 aliphatic carbocycles. The summed E-state index contributed by atoms with van der Waals surface area (Å²) in [5, 5.41) is 24.9. The van der Waals surface area contributed by atoms with Crippen molar-refractivity contribution in [3.63, 3.8) is 0 Å². The molecular formula is C14H21N5O9S2. The Balaban J connectivity index is 0. The summed E-state index contributed by atoms with van der Waals surface area (Å²) >= 11 is 2.37. The van der Waals surface area contributed by atoms with E-state index in [0.717, 1.165) is 16.2 Å². The second-order valence-electron chi connectivity index (χ2n) is 5.26. The summed E-state index contributed by atoms with van der Waals surface area (Å²) in [6.07, 6.45) is 1.40. The number of nitrogens with two attached hydrogens (primary N) is 1. The Labute approximate surface area is 177 Å². The van der Waals surface area contributed by atoms with E-state index in [1.807, 2.05) is 0 Å². The van der Waals surface area contributed by atoms with Gasteiger partial charge in [-0.25, -0.2) is 9.78 Å². The molecule has 2 aliphatic rings. The van der Waals surface area contributed by atoms with Crippen LogP contribution in [-0.2, 0) is 14.4 Å². The van der Waals surface area contributed by atoms with Gasteiger partial charge in [0, 0.05) is 11.1 Å². The summed E-state index contributed by atoms with van der Waals surface area (Å²) in [5.74, 6) is -2.27. The van der Waals surface area contributed by atoms with Crippen molar-refractivity contribution < 1.29 is 46.6 Å². The molecule has 1 aromatic heterocycles. The van der Waals surface area contributed by atoms with E-state index in [-0.39, 0.29) is 44.1 Å². The molecule has 2 amide bonds. The number of carbonyl (C=O) groups is 3. The molecule has 16 heteroatoms. The van der Waals surface area contributed by atoms with Crippen LogP contribution in [0.3, 0.4) is 0 Å². The number of aliphatic carboxylic acids is 1. The third-order valence-electron chi connectivity index (χ3n) is 3.81. The van der Waals surface area contributed by atoms with Crippen molar-refractivity contribution in [2.45, 2.75) is 11.4 Å². The maximum atomic E-state index is 12.4. The number of rotatable bonds is 5. The van der Waals surface area contributed by atoms with E-state index in [0.29, 0.717) is 11.3 Å². The molecule has 30 heavy (non-hydrogen) atoms. The van der Waals surface area contributed by atoms with Crippen molar-refractivity contribution in [3.8, 4) is 0 Å². The van der Waals surface area contributed by atoms with Crippen molar-refractivity contribution in [3.05, 3.63) is 35.0 Å². The smallest absolute Gasteiger partial charge is 0.352 e. The highest BCUT2D eigenvalue weighted by atomic mass is 32.2. The highest BCUT2D eigenvalue weighted by molar-refractivity contribution is 8.00. The van der Waals surface area contributed by atoms with Crippen LogP contribution < -0.4 is 11.1 Å². The number of nitrogens with zero attached hydrogens (tertiary/aromatic N) is 3. The van der Waals surface area contributed by atoms with E-state index >= 15 is 0 Å². The molecule has 1 aromatic rings. The molecule has 0 aromatic carbocycles. The van der Waals surface area contributed by atoms with E-state index in [1.165, 1.54) is 23.2 Å². The van der Waals surface area contributed by atoms with Crippen LogP contribution in [0.1, 0.15) is 5.69 Å². The number of amides is 2. The second-order valence-corrected chi connectivity index (χ2v) is 7.26. The van der Waals surface area contributed by atoms with Gasteiger partial charge in [0.1, 0.15) is 22.8 Å². The van der Waals surface area contributed by atoms with Crippen LogP contribution in [0.15, 0.2) is 34.5 Å². The zero-order valence-corrected chi connectivity index (χ0v) is 16.7. The van der Waals surface area contributed by atoms with Crippen LogP contribution >= 0.6 is 23.1 Å². The zero-order valence-electron chi connectivity index (χ0n) is 15.1. The number of aromatic nitrogens is 1. The van der Waals surface area contributed by atoms with E-state index in [1.54, 1.807) is 0 Å². The number of fused-ring (bicyclic) bond motifs is 1. The number of β-lactam (4-membered cyclic amide) rings is 1. The minimum Gasteiger partial charge on any atom is -0.477 e. The molecule has 1 fully saturated rings. The fourth-order valence-electron chi connectivity index (χ4n) is 2.62. The van der Waals surface area contributed by atoms with Gasteiger partial charge in [-0.2, -0.15) is 0 Å². The first-order valence-electron chi connectivity index (χ1n) is 7.16. The minimum absolute atomic E-state index is 0.